The number of hydrogen-bond donors (Lipinski definition) is 2. The molecule has 0 unspecified atom stereocenters. The monoisotopic (exact) mass is 311 g/mol. The number of amides is 1. The molecule has 0 aromatic carbocycles. The third-order valence-corrected chi connectivity index (χ3v) is 3.01. The van der Waals surface area contributed by atoms with Crippen LogP contribution in [0.4, 0.5) is 5.69 Å². The molecule has 0 radical (unpaired) electrons. The van der Waals surface area contributed by atoms with Crippen molar-refractivity contribution < 1.29 is 14.3 Å². The Morgan fingerprint density at radius 1 is 1.33 bits per heavy atom. The summed E-state index contributed by atoms with van der Waals surface area (Å²) in [6.07, 6.45) is 0. The first-order chi connectivity index (χ1) is 8.38. The van der Waals surface area contributed by atoms with Crippen LogP contribution < -0.4 is 11.1 Å². The number of nitrogens with one attached hydrogen (secondary N) is 1. The van der Waals surface area contributed by atoms with Gasteiger partial charge in [-0.15, -0.1) is 0 Å². The summed E-state index contributed by atoms with van der Waals surface area (Å²) < 4.78 is 4.66. The van der Waals surface area contributed by atoms with Crippen molar-refractivity contribution in [3.63, 3.8) is 0 Å². The summed E-state index contributed by atoms with van der Waals surface area (Å²) in [5, 5.41) is 1.88. The highest BCUT2D eigenvalue weighted by Gasteiger charge is 2.21. The number of likely N-dealkylation sites (N-methyl/N-ethyl adjacent to an activating group) is 1. The molecule has 3 N–H and O–H groups in total. The Balaban J connectivity index is 2.97. The van der Waals surface area contributed by atoms with E-state index < -0.39 is 18.5 Å². The van der Waals surface area contributed by atoms with Crippen molar-refractivity contribution in [1.29, 1.82) is 0 Å². The maximum absolute atomic E-state index is 11.6. The summed E-state index contributed by atoms with van der Waals surface area (Å²) in [4.78, 5) is 26.2. The highest BCUT2D eigenvalue weighted by Crippen LogP contribution is 2.34. The maximum Gasteiger partial charge on any atom is 0.359 e. The Bertz CT molecular complexity index is 508. The largest absolute Gasteiger partial charge is 0.451 e. The lowest BCUT2D eigenvalue weighted by Gasteiger charge is -2.08. The molecule has 9 heteroatoms. The molecule has 0 saturated carbocycles. The van der Waals surface area contributed by atoms with Crippen LogP contribution in [0.5, 0.6) is 0 Å². The number of halogens is 3. The summed E-state index contributed by atoms with van der Waals surface area (Å²) in [6.45, 7) is -0.465. The SMILES string of the molecule is CNC(=O)COC(=O)c1nc(Cl)c(Cl)c(N)c1Cl. The van der Waals surface area contributed by atoms with Crippen LogP contribution in [0.1, 0.15) is 10.5 Å². The third kappa shape index (κ3) is 3.16. The van der Waals surface area contributed by atoms with E-state index in [0.29, 0.717) is 0 Å². The highest BCUT2D eigenvalue weighted by molar-refractivity contribution is 6.46. The average Bonchev–Trinajstić information content (AvgIpc) is 2.37. The van der Waals surface area contributed by atoms with Crippen molar-refractivity contribution in [3.05, 3.63) is 20.9 Å². The van der Waals surface area contributed by atoms with Gasteiger partial charge in [0.15, 0.2) is 17.5 Å². The Morgan fingerprint density at radius 3 is 2.50 bits per heavy atom. The van der Waals surface area contributed by atoms with Gasteiger partial charge in [-0.2, -0.15) is 0 Å². The number of nitrogens with two attached hydrogens (primary N) is 1. The van der Waals surface area contributed by atoms with Gasteiger partial charge in [0.2, 0.25) is 0 Å². The van der Waals surface area contributed by atoms with Crippen LogP contribution in [0.2, 0.25) is 15.2 Å². The Kier molecular flexibility index (Phi) is 5.01. The minimum atomic E-state index is -0.922. The normalized spacial score (nSPS) is 10.0. The number of hydrogen-bond acceptors (Lipinski definition) is 5. The number of pyridine rings is 1. The number of ether oxygens (including phenoxy) is 1. The zero-order valence-corrected chi connectivity index (χ0v) is 11.4. The van der Waals surface area contributed by atoms with Crippen molar-refractivity contribution in [2.24, 2.45) is 0 Å². The molecule has 0 spiro atoms. The van der Waals surface area contributed by atoms with E-state index in [-0.39, 0.29) is 26.6 Å². The van der Waals surface area contributed by atoms with Crippen molar-refractivity contribution in [3.8, 4) is 0 Å². The van der Waals surface area contributed by atoms with E-state index in [1.54, 1.807) is 0 Å². The topological polar surface area (TPSA) is 94.3 Å². The predicted octanol–water partition coefficient (Wildman–Crippen LogP) is 1.53. The predicted molar refractivity (Wildman–Crippen MR) is 68.0 cm³/mol. The number of nitrogens with zero attached hydrogens (tertiary/aromatic N) is 1. The van der Waals surface area contributed by atoms with E-state index in [0.717, 1.165) is 0 Å². The quantitative estimate of drug-likeness (QED) is 0.652. The zero-order valence-electron chi connectivity index (χ0n) is 9.09. The molecule has 1 aromatic rings. The van der Waals surface area contributed by atoms with Gasteiger partial charge in [-0.3, -0.25) is 4.79 Å². The van der Waals surface area contributed by atoms with Crippen LogP contribution >= 0.6 is 34.8 Å². The molecule has 1 amide bonds. The van der Waals surface area contributed by atoms with E-state index in [1.807, 2.05) is 0 Å². The van der Waals surface area contributed by atoms with Gasteiger partial charge in [0.05, 0.1) is 10.7 Å². The summed E-state index contributed by atoms with van der Waals surface area (Å²) >= 11 is 17.1. The van der Waals surface area contributed by atoms with Crippen molar-refractivity contribution in [2.75, 3.05) is 19.4 Å². The molecule has 0 saturated heterocycles. The highest BCUT2D eigenvalue weighted by atomic mass is 35.5. The van der Waals surface area contributed by atoms with Crippen LogP contribution in [0.25, 0.3) is 0 Å². The van der Waals surface area contributed by atoms with Crippen LogP contribution in [-0.4, -0.2) is 30.5 Å². The molecule has 18 heavy (non-hydrogen) atoms. The van der Waals surface area contributed by atoms with Gasteiger partial charge in [0, 0.05) is 7.05 Å². The van der Waals surface area contributed by atoms with Crippen LogP contribution in [0.15, 0.2) is 0 Å². The first kappa shape index (κ1) is 14.8. The average molecular weight is 313 g/mol. The number of rotatable bonds is 3. The van der Waals surface area contributed by atoms with Gasteiger partial charge >= 0.3 is 5.97 Å². The maximum atomic E-state index is 11.6. The summed E-state index contributed by atoms with van der Waals surface area (Å²) in [5.41, 5.74) is 5.15. The second kappa shape index (κ2) is 6.08. The lowest BCUT2D eigenvalue weighted by molar-refractivity contribution is -0.123. The zero-order chi connectivity index (χ0) is 13.9. The fraction of sp³-hybridized carbons (Fsp3) is 0.222. The first-order valence-electron chi connectivity index (χ1n) is 4.56. The lowest BCUT2D eigenvalue weighted by atomic mass is 10.3. The fourth-order valence-electron chi connectivity index (χ4n) is 0.938. The molecular formula is C9H8Cl3N3O3. The molecule has 0 atom stereocenters. The molecule has 0 aliphatic heterocycles. The van der Waals surface area contributed by atoms with Gasteiger partial charge in [-0.1, -0.05) is 34.8 Å². The molecule has 1 aromatic heterocycles. The molecule has 0 bridgehead atoms. The smallest absolute Gasteiger partial charge is 0.359 e. The third-order valence-electron chi connectivity index (χ3n) is 1.88. The molecule has 0 fully saturated rings. The van der Waals surface area contributed by atoms with Gasteiger partial charge < -0.3 is 15.8 Å². The lowest BCUT2D eigenvalue weighted by Crippen LogP contribution is -2.25. The van der Waals surface area contributed by atoms with Crippen molar-refractivity contribution in [1.82, 2.24) is 10.3 Å². The van der Waals surface area contributed by atoms with E-state index in [9.17, 15) is 9.59 Å². The van der Waals surface area contributed by atoms with E-state index >= 15 is 0 Å². The van der Waals surface area contributed by atoms with Crippen molar-refractivity contribution >= 4 is 52.4 Å². The number of carbonyl (C=O) groups is 2. The Hall–Kier alpha value is -1.24. The standard InChI is InChI=1S/C9H8Cl3N3O3/c1-14-3(16)2-18-9(17)7-4(10)6(13)5(11)8(12)15-7/h2H2,1H3,(H2,13,15)(H,14,16). The van der Waals surface area contributed by atoms with Gasteiger partial charge in [-0.05, 0) is 0 Å². The minimum Gasteiger partial charge on any atom is -0.451 e. The number of carbonyl (C=O) groups excluding carboxylic acids is 2. The molecule has 98 valence electrons. The number of nitrogen functional groups attached to an aromatic ring is 1. The Labute approximate surface area is 117 Å². The van der Waals surface area contributed by atoms with Crippen LogP contribution in [0.3, 0.4) is 0 Å². The molecule has 1 heterocycles. The molecule has 0 aliphatic carbocycles. The second-order valence-corrected chi connectivity index (χ2v) is 4.16. The molecule has 1 rings (SSSR count). The van der Waals surface area contributed by atoms with E-state index in [2.05, 4.69) is 15.0 Å². The number of esters is 1. The Morgan fingerprint density at radius 2 is 1.94 bits per heavy atom. The van der Waals surface area contributed by atoms with Gasteiger partial charge in [-0.25, -0.2) is 9.78 Å². The molecule has 0 aliphatic rings. The summed E-state index contributed by atoms with van der Waals surface area (Å²) in [5.74, 6) is -1.40. The van der Waals surface area contributed by atoms with Crippen molar-refractivity contribution in [2.45, 2.75) is 0 Å². The van der Waals surface area contributed by atoms with Crippen LogP contribution in [-0.2, 0) is 9.53 Å². The molecule has 6 nitrogen and oxygen atoms in total. The fourth-order valence-corrected chi connectivity index (χ4v) is 1.52. The van der Waals surface area contributed by atoms with E-state index in [1.165, 1.54) is 7.05 Å². The summed E-state index contributed by atoms with van der Waals surface area (Å²) in [7, 11) is 1.40. The van der Waals surface area contributed by atoms with Gasteiger partial charge in [0.25, 0.3) is 5.91 Å². The summed E-state index contributed by atoms with van der Waals surface area (Å²) in [6, 6.07) is 0. The van der Waals surface area contributed by atoms with E-state index in [4.69, 9.17) is 40.5 Å². The second-order valence-electron chi connectivity index (χ2n) is 3.04. The van der Waals surface area contributed by atoms with Crippen LogP contribution in [0, 0.1) is 0 Å². The minimum absolute atomic E-state index is 0.0514. The first-order valence-corrected chi connectivity index (χ1v) is 5.69. The molecular weight excluding hydrogens is 304 g/mol. The number of aromatic nitrogens is 1. The van der Waals surface area contributed by atoms with Gasteiger partial charge in [0.1, 0.15) is 5.02 Å². The number of anilines is 1.